The predicted octanol–water partition coefficient (Wildman–Crippen LogP) is 2.70. The summed E-state index contributed by atoms with van der Waals surface area (Å²) in [6.07, 6.45) is 8.54. The SMILES string of the molecule is Cc1oncc1C(=O)N1CC[C@@]2(CCCN(Cc3ccoc3)C2)C1. The lowest BCUT2D eigenvalue weighted by Gasteiger charge is -2.40. The molecule has 4 heterocycles. The molecule has 6 heteroatoms. The highest BCUT2D eigenvalue weighted by Gasteiger charge is 2.43. The first-order chi connectivity index (χ1) is 11.7. The van der Waals surface area contributed by atoms with E-state index in [0.717, 1.165) is 39.1 Å². The number of hydrogen-bond donors (Lipinski definition) is 0. The normalized spacial score (nSPS) is 24.8. The summed E-state index contributed by atoms with van der Waals surface area (Å²) in [5.74, 6) is 0.656. The zero-order valence-corrected chi connectivity index (χ0v) is 14.0. The first kappa shape index (κ1) is 15.4. The molecule has 2 fully saturated rings. The number of hydrogen-bond acceptors (Lipinski definition) is 5. The lowest BCUT2D eigenvalue weighted by atomic mass is 9.79. The van der Waals surface area contributed by atoms with Crippen LogP contribution in [-0.2, 0) is 6.54 Å². The minimum Gasteiger partial charge on any atom is -0.472 e. The fourth-order valence-electron chi connectivity index (χ4n) is 4.20. The summed E-state index contributed by atoms with van der Waals surface area (Å²) in [6.45, 7) is 6.54. The molecule has 0 aromatic carbocycles. The van der Waals surface area contributed by atoms with E-state index in [1.165, 1.54) is 24.6 Å². The molecule has 1 atom stereocenters. The van der Waals surface area contributed by atoms with Gasteiger partial charge in [-0.3, -0.25) is 9.69 Å². The van der Waals surface area contributed by atoms with E-state index in [1.807, 2.05) is 17.2 Å². The van der Waals surface area contributed by atoms with E-state index in [0.29, 0.717) is 11.3 Å². The Labute approximate surface area is 141 Å². The van der Waals surface area contributed by atoms with Crippen molar-refractivity contribution in [2.24, 2.45) is 5.41 Å². The third kappa shape index (κ3) is 2.86. The topological polar surface area (TPSA) is 62.7 Å². The fraction of sp³-hybridized carbons (Fsp3) is 0.556. The monoisotopic (exact) mass is 329 g/mol. The Morgan fingerprint density at radius 2 is 2.25 bits per heavy atom. The van der Waals surface area contributed by atoms with E-state index in [2.05, 4.69) is 10.1 Å². The Kier molecular flexibility index (Phi) is 3.92. The van der Waals surface area contributed by atoms with Gasteiger partial charge < -0.3 is 13.8 Å². The molecule has 4 rings (SSSR count). The van der Waals surface area contributed by atoms with Crippen molar-refractivity contribution in [3.8, 4) is 0 Å². The first-order valence-corrected chi connectivity index (χ1v) is 8.59. The number of aromatic nitrogens is 1. The highest BCUT2D eigenvalue weighted by molar-refractivity contribution is 5.95. The van der Waals surface area contributed by atoms with E-state index in [9.17, 15) is 4.79 Å². The molecular formula is C18H23N3O3. The second kappa shape index (κ2) is 6.09. The summed E-state index contributed by atoms with van der Waals surface area (Å²) in [5, 5.41) is 3.73. The lowest BCUT2D eigenvalue weighted by molar-refractivity contribution is 0.0673. The van der Waals surface area contributed by atoms with Gasteiger partial charge in [0, 0.05) is 37.2 Å². The molecule has 2 aliphatic rings. The van der Waals surface area contributed by atoms with Crippen molar-refractivity contribution < 1.29 is 13.7 Å². The Bertz CT molecular complexity index is 709. The van der Waals surface area contributed by atoms with Crippen molar-refractivity contribution in [3.05, 3.63) is 41.7 Å². The van der Waals surface area contributed by atoms with E-state index >= 15 is 0 Å². The molecule has 2 aromatic heterocycles. The van der Waals surface area contributed by atoms with Crippen LogP contribution in [-0.4, -0.2) is 47.0 Å². The summed E-state index contributed by atoms with van der Waals surface area (Å²) in [7, 11) is 0. The Balaban J connectivity index is 1.43. The van der Waals surface area contributed by atoms with Crippen molar-refractivity contribution in [1.29, 1.82) is 0 Å². The van der Waals surface area contributed by atoms with Crippen LogP contribution in [0, 0.1) is 12.3 Å². The van der Waals surface area contributed by atoms with Crippen LogP contribution in [0.25, 0.3) is 0 Å². The molecule has 1 spiro atoms. The van der Waals surface area contributed by atoms with Crippen molar-refractivity contribution >= 4 is 5.91 Å². The van der Waals surface area contributed by atoms with E-state index in [4.69, 9.17) is 8.94 Å². The zero-order chi connectivity index (χ0) is 16.6. The maximum absolute atomic E-state index is 12.7. The number of rotatable bonds is 3. The first-order valence-electron chi connectivity index (χ1n) is 8.59. The highest BCUT2D eigenvalue weighted by Crippen LogP contribution is 2.39. The minimum absolute atomic E-state index is 0.0533. The van der Waals surface area contributed by atoms with Gasteiger partial charge in [0.25, 0.3) is 5.91 Å². The number of carbonyl (C=O) groups is 1. The van der Waals surface area contributed by atoms with E-state index < -0.39 is 0 Å². The van der Waals surface area contributed by atoms with Gasteiger partial charge in [-0.2, -0.15) is 0 Å². The highest BCUT2D eigenvalue weighted by atomic mass is 16.5. The Morgan fingerprint density at radius 1 is 1.33 bits per heavy atom. The summed E-state index contributed by atoms with van der Waals surface area (Å²) in [4.78, 5) is 17.2. The molecule has 0 aliphatic carbocycles. The summed E-state index contributed by atoms with van der Waals surface area (Å²) in [5.41, 5.74) is 2.04. The van der Waals surface area contributed by atoms with Crippen LogP contribution in [0.5, 0.6) is 0 Å². The number of likely N-dealkylation sites (tertiary alicyclic amines) is 2. The second-order valence-corrected chi connectivity index (χ2v) is 7.22. The van der Waals surface area contributed by atoms with Crippen LogP contribution in [0.3, 0.4) is 0 Å². The molecular weight excluding hydrogens is 306 g/mol. The van der Waals surface area contributed by atoms with Crippen molar-refractivity contribution in [2.45, 2.75) is 32.7 Å². The van der Waals surface area contributed by atoms with Crippen LogP contribution < -0.4 is 0 Å². The number of carbonyl (C=O) groups excluding carboxylic acids is 1. The molecule has 24 heavy (non-hydrogen) atoms. The summed E-state index contributed by atoms with van der Waals surface area (Å²) >= 11 is 0. The van der Waals surface area contributed by atoms with Gasteiger partial charge in [0.15, 0.2) is 0 Å². The molecule has 0 bridgehead atoms. The van der Waals surface area contributed by atoms with Gasteiger partial charge in [-0.05, 0) is 38.8 Å². The molecule has 2 aliphatic heterocycles. The molecule has 6 nitrogen and oxygen atoms in total. The lowest BCUT2D eigenvalue weighted by Crippen LogP contribution is -2.45. The van der Waals surface area contributed by atoms with E-state index in [1.54, 1.807) is 13.2 Å². The minimum atomic E-state index is 0.0533. The van der Waals surface area contributed by atoms with Gasteiger partial charge in [0.05, 0.1) is 18.7 Å². The average Bonchev–Trinajstić information content (AvgIpc) is 3.29. The van der Waals surface area contributed by atoms with Crippen molar-refractivity contribution in [1.82, 2.24) is 15.0 Å². The van der Waals surface area contributed by atoms with Crippen molar-refractivity contribution in [2.75, 3.05) is 26.2 Å². The van der Waals surface area contributed by atoms with Gasteiger partial charge in [0.2, 0.25) is 0 Å². The van der Waals surface area contributed by atoms with Crippen LogP contribution in [0.4, 0.5) is 0 Å². The number of nitrogens with zero attached hydrogens (tertiary/aromatic N) is 3. The van der Waals surface area contributed by atoms with Crippen LogP contribution in [0.15, 0.2) is 33.7 Å². The second-order valence-electron chi connectivity index (χ2n) is 7.22. The van der Waals surface area contributed by atoms with Gasteiger partial charge in [-0.1, -0.05) is 5.16 Å². The zero-order valence-electron chi connectivity index (χ0n) is 14.0. The molecule has 128 valence electrons. The number of aryl methyl sites for hydroxylation is 1. The quantitative estimate of drug-likeness (QED) is 0.866. The van der Waals surface area contributed by atoms with Crippen molar-refractivity contribution in [3.63, 3.8) is 0 Å². The van der Waals surface area contributed by atoms with Crippen LogP contribution in [0.2, 0.25) is 0 Å². The maximum Gasteiger partial charge on any atom is 0.259 e. The maximum atomic E-state index is 12.7. The third-order valence-electron chi connectivity index (χ3n) is 5.43. The number of piperidine rings is 1. The molecule has 0 saturated carbocycles. The van der Waals surface area contributed by atoms with Crippen LogP contribution in [0.1, 0.15) is 40.9 Å². The van der Waals surface area contributed by atoms with Gasteiger partial charge in [-0.25, -0.2) is 0 Å². The van der Waals surface area contributed by atoms with Gasteiger partial charge in [-0.15, -0.1) is 0 Å². The Hall–Kier alpha value is -2.08. The largest absolute Gasteiger partial charge is 0.472 e. The standard InChI is InChI=1S/C18H23N3O3/c1-14-16(9-19-24-14)17(22)21-7-5-18(13-21)4-2-6-20(12-18)10-15-3-8-23-11-15/h3,8-9,11H,2,4-7,10,12-13H2,1H3/t18-/m1/s1. The molecule has 1 amide bonds. The Morgan fingerprint density at radius 3 is 3.00 bits per heavy atom. The molecule has 2 aromatic rings. The molecule has 2 saturated heterocycles. The van der Waals surface area contributed by atoms with E-state index in [-0.39, 0.29) is 11.3 Å². The predicted molar refractivity (Wildman–Crippen MR) is 87.4 cm³/mol. The molecule has 0 radical (unpaired) electrons. The number of amides is 1. The average molecular weight is 329 g/mol. The van der Waals surface area contributed by atoms with Gasteiger partial charge in [0.1, 0.15) is 11.3 Å². The molecule has 0 N–H and O–H groups in total. The number of furan rings is 1. The summed E-state index contributed by atoms with van der Waals surface area (Å²) in [6, 6.07) is 2.03. The molecule has 0 unspecified atom stereocenters. The fourth-order valence-corrected chi connectivity index (χ4v) is 4.20. The smallest absolute Gasteiger partial charge is 0.259 e. The summed E-state index contributed by atoms with van der Waals surface area (Å²) < 4.78 is 10.2. The van der Waals surface area contributed by atoms with Crippen LogP contribution >= 0.6 is 0 Å². The third-order valence-corrected chi connectivity index (χ3v) is 5.43. The van der Waals surface area contributed by atoms with Gasteiger partial charge >= 0.3 is 0 Å².